The summed E-state index contributed by atoms with van der Waals surface area (Å²) in [5, 5.41) is 11.9. The highest BCUT2D eigenvalue weighted by Crippen LogP contribution is 2.27. The van der Waals surface area contributed by atoms with Gasteiger partial charge in [0.2, 0.25) is 0 Å². The van der Waals surface area contributed by atoms with Crippen molar-refractivity contribution < 1.29 is 29.0 Å². The van der Waals surface area contributed by atoms with Gasteiger partial charge in [-0.25, -0.2) is 9.59 Å². The number of carboxylic acid groups (broad SMARTS) is 1. The molecule has 0 aliphatic rings. The van der Waals surface area contributed by atoms with Gasteiger partial charge in [0.15, 0.2) is 0 Å². The van der Waals surface area contributed by atoms with Gasteiger partial charge < -0.3 is 19.9 Å². The minimum atomic E-state index is -1.17. The Morgan fingerprint density at radius 2 is 1.50 bits per heavy atom. The molecular formula is C25H31NO6. The van der Waals surface area contributed by atoms with Crippen molar-refractivity contribution in [3.05, 3.63) is 71.3 Å². The molecule has 7 heteroatoms. The third kappa shape index (κ3) is 7.41. The van der Waals surface area contributed by atoms with Crippen LogP contribution in [0.3, 0.4) is 0 Å². The first-order valence-electron chi connectivity index (χ1n) is 10.4. The number of nitrogens with one attached hydrogen (secondary N) is 1. The van der Waals surface area contributed by atoms with Gasteiger partial charge in [-0.1, -0.05) is 54.6 Å². The van der Waals surface area contributed by atoms with E-state index in [1.807, 2.05) is 51.1 Å². The molecule has 0 heterocycles. The Morgan fingerprint density at radius 3 is 2.03 bits per heavy atom. The highest BCUT2D eigenvalue weighted by atomic mass is 16.6. The Balaban J connectivity index is 2.00. The van der Waals surface area contributed by atoms with Crippen LogP contribution >= 0.6 is 0 Å². The van der Waals surface area contributed by atoms with E-state index < -0.39 is 29.1 Å². The summed E-state index contributed by atoms with van der Waals surface area (Å²) in [5.41, 5.74) is 0.793. The molecule has 2 aromatic carbocycles. The molecule has 0 bridgehead atoms. The minimum absolute atomic E-state index is 0.0491. The molecule has 0 saturated heterocycles. The molecule has 0 aromatic heterocycles. The van der Waals surface area contributed by atoms with E-state index in [-0.39, 0.29) is 19.0 Å². The van der Waals surface area contributed by atoms with Crippen molar-refractivity contribution >= 4 is 18.0 Å². The Labute approximate surface area is 188 Å². The van der Waals surface area contributed by atoms with Crippen LogP contribution < -0.4 is 5.32 Å². The van der Waals surface area contributed by atoms with Crippen molar-refractivity contribution in [2.75, 3.05) is 0 Å². The average molecular weight is 442 g/mol. The third-order valence-electron chi connectivity index (χ3n) is 4.83. The smallest absolute Gasteiger partial charge is 0.408 e. The van der Waals surface area contributed by atoms with E-state index in [0.29, 0.717) is 5.56 Å². The Bertz CT molecular complexity index is 929. The molecule has 2 aromatic rings. The molecule has 2 N–H and O–H groups in total. The van der Waals surface area contributed by atoms with Crippen LogP contribution in [0, 0.1) is 0 Å². The van der Waals surface area contributed by atoms with Crippen LogP contribution in [0.2, 0.25) is 0 Å². The highest BCUT2D eigenvalue weighted by molar-refractivity contribution is 5.82. The van der Waals surface area contributed by atoms with Gasteiger partial charge >= 0.3 is 18.0 Å². The summed E-state index contributed by atoms with van der Waals surface area (Å²) in [6.45, 7) is 9.05. The molecule has 0 spiro atoms. The van der Waals surface area contributed by atoms with E-state index >= 15 is 0 Å². The summed E-state index contributed by atoms with van der Waals surface area (Å²) in [6, 6.07) is 15.0. The molecule has 0 aliphatic carbocycles. The van der Waals surface area contributed by atoms with Crippen LogP contribution in [-0.4, -0.2) is 34.8 Å². The molecule has 2 rings (SSSR count). The van der Waals surface area contributed by atoms with Gasteiger partial charge in [0.1, 0.15) is 18.2 Å². The van der Waals surface area contributed by atoms with E-state index in [2.05, 4.69) is 5.32 Å². The number of rotatable bonds is 8. The van der Waals surface area contributed by atoms with Crippen LogP contribution in [-0.2, 0) is 37.5 Å². The summed E-state index contributed by atoms with van der Waals surface area (Å²) in [5.74, 6) is -1.51. The first kappa shape index (κ1) is 24.9. The van der Waals surface area contributed by atoms with Gasteiger partial charge in [0.05, 0.1) is 5.41 Å². The van der Waals surface area contributed by atoms with E-state index in [1.165, 1.54) is 0 Å². The Morgan fingerprint density at radius 1 is 0.906 bits per heavy atom. The van der Waals surface area contributed by atoms with Crippen molar-refractivity contribution in [1.82, 2.24) is 5.32 Å². The number of carboxylic acids is 1. The predicted molar refractivity (Wildman–Crippen MR) is 120 cm³/mol. The molecule has 7 nitrogen and oxygen atoms in total. The van der Waals surface area contributed by atoms with Gasteiger partial charge in [-0.15, -0.1) is 0 Å². The summed E-state index contributed by atoms with van der Waals surface area (Å²) < 4.78 is 10.6. The molecular weight excluding hydrogens is 410 g/mol. The van der Waals surface area contributed by atoms with Gasteiger partial charge in [0.25, 0.3) is 0 Å². The van der Waals surface area contributed by atoms with E-state index in [9.17, 15) is 19.5 Å². The van der Waals surface area contributed by atoms with E-state index in [4.69, 9.17) is 9.47 Å². The van der Waals surface area contributed by atoms with Gasteiger partial charge in [-0.2, -0.15) is 0 Å². The number of esters is 1. The maximum Gasteiger partial charge on any atom is 0.408 e. The fourth-order valence-corrected chi connectivity index (χ4v) is 2.92. The normalized spacial score (nSPS) is 12.5. The first-order valence-corrected chi connectivity index (χ1v) is 10.4. The SMILES string of the molecule is CC(C)(C)OC(=O)C(C)(C)c1ccc(C[C@H](NC(=O)OCc2ccccc2)C(=O)O)cc1. The lowest BCUT2D eigenvalue weighted by Gasteiger charge is -2.29. The van der Waals surface area contributed by atoms with Crippen molar-refractivity contribution in [3.63, 3.8) is 0 Å². The zero-order chi connectivity index (χ0) is 23.9. The zero-order valence-electron chi connectivity index (χ0n) is 19.2. The highest BCUT2D eigenvalue weighted by Gasteiger charge is 2.34. The number of carbonyl (C=O) groups is 3. The maximum absolute atomic E-state index is 12.6. The molecule has 1 amide bonds. The Hall–Kier alpha value is -3.35. The van der Waals surface area contributed by atoms with Gasteiger partial charge in [-0.3, -0.25) is 4.79 Å². The largest absolute Gasteiger partial charge is 0.480 e. The number of hydrogen-bond donors (Lipinski definition) is 2. The summed E-state index contributed by atoms with van der Waals surface area (Å²) >= 11 is 0. The predicted octanol–water partition coefficient (Wildman–Crippen LogP) is 4.23. The monoisotopic (exact) mass is 441 g/mol. The number of carbonyl (C=O) groups excluding carboxylic acids is 2. The minimum Gasteiger partial charge on any atom is -0.480 e. The number of ether oxygens (including phenoxy) is 2. The van der Waals surface area contributed by atoms with E-state index in [0.717, 1.165) is 11.1 Å². The molecule has 0 unspecified atom stereocenters. The molecule has 0 aliphatic heterocycles. The van der Waals surface area contributed by atoms with Gasteiger partial charge in [-0.05, 0) is 51.3 Å². The second kappa shape index (κ2) is 10.3. The molecule has 0 saturated carbocycles. The number of hydrogen-bond acceptors (Lipinski definition) is 5. The van der Waals surface area contributed by atoms with Gasteiger partial charge in [0, 0.05) is 6.42 Å². The van der Waals surface area contributed by atoms with Crippen molar-refractivity contribution in [3.8, 4) is 0 Å². The second-order valence-corrected chi connectivity index (χ2v) is 9.12. The van der Waals surface area contributed by atoms with Crippen LogP contribution in [0.5, 0.6) is 0 Å². The Kier molecular flexibility index (Phi) is 8.02. The third-order valence-corrected chi connectivity index (χ3v) is 4.83. The zero-order valence-corrected chi connectivity index (χ0v) is 19.2. The fourth-order valence-electron chi connectivity index (χ4n) is 2.92. The van der Waals surface area contributed by atoms with Crippen LogP contribution in [0.25, 0.3) is 0 Å². The molecule has 0 radical (unpaired) electrons. The molecule has 172 valence electrons. The lowest BCUT2D eigenvalue weighted by Crippen LogP contribution is -2.42. The lowest BCUT2D eigenvalue weighted by atomic mass is 9.84. The average Bonchev–Trinajstić information content (AvgIpc) is 2.71. The van der Waals surface area contributed by atoms with Crippen LogP contribution in [0.1, 0.15) is 51.3 Å². The quantitative estimate of drug-likeness (QED) is 0.595. The fraction of sp³-hybridized carbons (Fsp3) is 0.400. The van der Waals surface area contributed by atoms with Crippen molar-refractivity contribution in [2.45, 2.75) is 64.7 Å². The van der Waals surface area contributed by atoms with E-state index in [1.54, 1.807) is 38.1 Å². The van der Waals surface area contributed by atoms with Crippen LogP contribution in [0.4, 0.5) is 4.79 Å². The maximum atomic E-state index is 12.6. The number of aliphatic carboxylic acids is 1. The summed E-state index contributed by atoms with van der Waals surface area (Å²) in [6.07, 6.45) is -0.730. The summed E-state index contributed by atoms with van der Waals surface area (Å²) in [7, 11) is 0. The summed E-state index contributed by atoms with van der Waals surface area (Å²) in [4.78, 5) is 36.2. The molecule has 1 atom stereocenters. The van der Waals surface area contributed by atoms with Crippen molar-refractivity contribution in [1.29, 1.82) is 0 Å². The number of amides is 1. The topological polar surface area (TPSA) is 102 Å². The standard InChI is InChI=1S/C25H31NO6/c1-24(2,3)32-22(29)25(4,5)19-13-11-17(12-14-19)15-20(21(27)28)26-23(30)31-16-18-9-7-6-8-10-18/h6-14,20H,15-16H2,1-5H3,(H,26,30)(H,27,28)/t20-/m0/s1. The van der Waals surface area contributed by atoms with Crippen molar-refractivity contribution in [2.24, 2.45) is 0 Å². The second-order valence-electron chi connectivity index (χ2n) is 9.12. The molecule has 0 fully saturated rings. The number of alkyl carbamates (subject to hydrolysis) is 1. The lowest BCUT2D eigenvalue weighted by molar-refractivity contribution is -0.160. The number of benzene rings is 2. The van der Waals surface area contributed by atoms with Crippen LogP contribution in [0.15, 0.2) is 54.6 Å². The first-order chi connectivity index (χ1) is 14.9. The molecule has 32 heavy (non-hydrogen) atoms.